The number of benzene rings is 2. The molecule has 2 aromatic rings. The van der Waals surface area contributed by atoms with E-state index in [-0.39, 0.29) is 17.5 Å². The van der Waals surface area contributed by atoms with E-state index in [1.807, 2.05) is 31.4 Å². The van der Waals surface area contributed by atoms with Crippen LogP contribution in [0.5, 0.6) is 0 Å². The minimum Gasteiger partial charge on any atom is -0.465 e. The SMILES string of the molecule is COC(=O)c1ccccc1C[C@@H]1CC2(CCN1)Cc1ccccc1[C@@H]2OC. The van der Waals surface area contributed by atoms with E-state index in [4.69, 9.17) is 9.47 Å². The summed E-state index contributed by atoms with van der Waals surface area (Å²) in [4.78, 5) is 12.1. The molecule has 4 heteroatoms. The van der Waals surface area contributed by atoms with E-state index in [9.17, 15) is 4.79 Å². The average molecular weight is 365 g/mol. The lowest BCUT2D eigenvalue weighted by atomic mass is 9.71. The first-order chi connectivity index (χ1) is 13.2. The van der Waals surface area contributed by atoms with Gasteiger partial charge < -0.3 is 14.8 Å². The van der Waals surface area contributed by atoms with E-state index < -0.39 is 0 Å². The summed E-state index contributed by atoms with van der Waals surface area (Å²) < 4.78 is 11.0. The number of methoxy groups -OCH3 is 2. The summed E-state index contributed by atoms with van der Waals surface area (Å²) in [5.41, 5.74) is 4.60. The van der Waals surface area contributed by atoms with Crippen LogP contribution in [0.4, 0.5) is 0 Å². The van der Waals surface area contributed by atoms with Gasteiger partial charge in [-0.15, -0.1) is 0 Å². The molecule has 1 saturated heterocycles. The Hall–Kier alpha value is -2.17. The highest BCUT2D eigenvalue weighted by Crippen LogP contribution is 2.53. The highest BCUT2D eigenvalue weighted by atomic mass is 16.5. The van der Waals surface area contributed by atoms with Gasteiger partial charge >= 0.3 is 5.97 Å². The molecule has 27 heavy (non-hydrogen) atoms. The Balaban J connectivity index is 1.57. The number of ether oxygens (including phenoxy) is 2. The summed E-state index contributed by atoms with van der Waals surface area (Å²) in [6.07, 6.45) is 4.18. The molecule has 142 valence electrons. The number of nitrogens with one attached hydrogen (secondary N) is 1. The zero-order valence-electron chi connectivity index (χ0n) is 16.0. The summed E-state index contributed by atoms with van der Waals surface area (Å²) in [5.74, 6) is -0.265. The lowest BCUT2D eigenvalue weighted by Crippen LogP contribution is -2.47. The van der Waals surface area contributed by atoms with E-state index in [1.54, 1.807) is 0 Å². The maximum atomic E-state index is 12.1. The second kappa shape index (κ2) is 7.45. The van der Waals surface area contributed by atoms with Gasteiger partial charge in [-0.1, -0.05) is 42.5 Å². The van der Waals surface area contributed by atoms with Crippen molar-refractivity contribution in [2.75, 3.05) is 20.8 Å². The molecule has 1 aliphatic carbocycles. The Bertz CT molecular complexity index is 834. The van der Waals surface area contributed by atoms with Gasteiger partial charge in [-0.25, -0.2) is 4.79 Å². The summed E-state index contributed by atoms with van der Waals surface area (Å²) in [7, 11) is 3.27. The van der Waals surface area contributed by atoms with E-state index in [0.29, 0.717) is 11.6 Å². The van der Waals surface area contributed by atoms with Crippen molar-refractivity contribution in [3.05, 3.63) is 70.8 Å². The summed E-state index contributed by atoms with van der Waals surface area (Å²) >= 11 is 0. The van der Waals surface area contributed by atoms with Gasteiger partial charge in [0.1, 0.15) is 0 Å². The van der Waals surface area contributed by atoms with Crippen LogP contribution in [0.25, 0.3) is 0 Å². The molecule has 2 aliphatic rings. The van der Waals surface area contributed by atoms with Crippen molar-refractivity contribution in [3.8, 4) is 0 Å². The first kappa shape index (κ1) is 18.2. The first-order valence-corrected chi connectivity index (χ1v) is 9.67. The Labute approximate surface area is 160 Å². The van der Waals surface area contributed by atoms with E-state index >= 15 is 0 Å². The largest absolute Gasteiger partial charge is 0.465 e. The molecule has 1 N–H and O–H groups in total. The quantitative estimate of drug-likeness (QED) is 0.840. The molecular weight excluding hydrogens is 338 g/mol. The van der Waals surface area contributed by atoms with Crippen LogP contribution >= 0.6 is 0 Å². The van der Waals surface area contributed by atoms with Crippen molar-refractivity contribution in [2.24, 2.45) is 5.41 Å². The lowest BCUT2D eigenvalue weighted by molar-refractivity contribution is -0.0290. The predicted molar refractivity (Wildman–Crippen MR) is 105 cm³/mol. The van der Waals surface area contributed by atoms with E-state index in [1.165, 1.54) is 18.2 Å². The molecule has 1 aliphatic heterocycles. The Morgan fingerprint density at radius 2 is 1.93 bits per heavy atom. The molecule has 4 nitrogen and oxygen atoms in total. The van der Waals surface area contributed by atoms with Gasteiger partial charge in [-0.05, 0) is 55.0 Å². The lowest BCUT2D eigenvalue weighted by Gasteiger charge is -2.42. The van der Waals surface area contributed by atoms with Crippen molar-refractivity contribution in [2.45, 2.75) is 37.8 Å². The summed E-state index contributed by atoms with van der Waals surface area (Å²) in [6, 6.07) is 16.8. The van der Waals surface area contributed by atoms with Crippen molar-refractivity contribution in [3.63, 3.8) is 0 Å². The maximum Gasteiger partial charge on any atom is 0.338 e. The number of rotatable bonds is 4. The fourth-order valence-electron chi connectivity index (χ4n) is 5.14. The minimum atomic E-state index is -0.265. The molecule has 0 saturated carbocycles. The molecule has 1 heterocycles. The van der Waals surface area contributed by atoms with E-state index in [0.717, 1.165) is 37.8 Å². The fourth-order valence-corrected chi connectivity index (χ4v) is 5.14. The second-order valence-corrected chi connectivity index (χ2v) is 7.81. The monoisotopic (exact) mass is 365 g/mol. The van der Waals surface area contributed by atoms with Crippen LogP contribution in [-0.2, 0) is 22.3 Å². The molecule has 2 aromatic carbocycles. The van der Waals surface area contributed by atoms with Gasteiger partial charge in [0.15, 0.2) is 0 Å². The van der Waals surface area contributed by atoms with Crippen LogP contribution in [0.1, 0.15) is 46.0 Å². The van der Waals surface area contributed by atoms with Gasteiger partial charge in [0.05, 0.1) is 18.8 Å². The van der Waals surface area contributed by atoms with Crippen molar-refractivity contribution in [1.82, 2.24) is 5.32 Å². The molecule has 1 fully saturated rings. The summed E-state index contributed by atoms with van der Waals surface area (Å²) in [5, 5.41) is 3.67. The van der Waals surface area contributed by atoms with Gasteiger partial charge in [-0.3, -0.25) is 0 Å². The van der Waals surface area contributed by atoms with Gasteiger partial charge in [-0.2, -0.15) is 0 Å². The topological polar surface area (TPSA) is 47.6 Å². The predicted octanol–water partition coefficient (Wildman–Crippen LogP) is 3.70. The fraction of sp³-hybridized carbons (Fsp3) is 0.435. The zero-order chi connectivity index (χ0) is 18.9. The Morgan fingerprint density at radius 1 is 1.15 bits per heavy atom. The number of carbonyl (C=O) groups is 1. The molecular formula is C23H27NO3. The van der Waals surface area contributed by atoms with Crippen LogP contribution in [0, 0.1) is 5.41 Å². The first-order valence-electron chi connectivity index (χ1n) is 9.67. The highest BCUT2D eigenvalue weighted by Gasteiger charge is 2.48. The third-order valence-corrected chi connectivity index (χ3v) is 6.27. The van der Waals surface area contributed by atoms with Crippen LogP contribution < -0.4 is 5.32 Å². The van der Waals surface area contributed by atoms with Crippen LogP contribution in [0.15, 0.2) is 48.5 Å². The third kappa shape index (κ3) is 3.28. The van der Waals surface area contributed by atoms with Crippen molar-refractivity contribution < 1.29 is 14.3 Å². The number of esters is 1. The number of hydrogen-bond acceptors (Lipinski definition) is 4. The van der Waals surface area contributed by atoms with Gasteiger partial charge in [0, 0.05) is 18.6 Å². The highest BCUT2D eigenvalue weighted by molar-refractivity contribution is 5.91. The number of fused-ring (bicyclic) bond motifs is 1. The second-order valence-electron chi connectivity index (χ2n) is 7.81. The van der Waals surface area contributed by atoms with Crippen LogP contribution in [0.3, 0.4) is 0 Å². The molecule has 1 unspecified atom stereocenters. The smallest absolute Gasteiger partial charge is 0.338 e. The van der Waals surface area contributed by atoms with E-state index in [2.05, 4.69) is 29.6 Å². The molecule has 0 amide bonds. The third-order valence-electron chi connectivity index (χ3n) is 6.27. The summed E-state index contributed by atoms with van der Waals surface area (Å²) in [6.45, 7) is 0.971. The molecule has 0 bridgehead atoms. The Kier molecular flexibility index (Phi) is 5.02. The normalized spacial score (nSPS) is 26.7. The van der Waals surface area contributed by atoms with Crippen LogP contribution in [0.2, 0.25) is 0 Å². The average Bonchev–Trinajstić information content (AvgIpc) is 2.99. The zero-order valence-corrected chi connectivity index (χ0v) is 16.0. The maximum absolute atomic E-state index is 12.1. The standard InChI is InChI=1S/C23H27NO3/c1-26-21-19-9-5-4-8-17(19)14-23(21)11-12-24-18(15-23)13-16-7-3-6-10-20(16)22(25)27-2/h3-10,18,21,24H,11-15H2,1-2H3/t18-,21+,23?/m1/s1. The van der Waals surface area contributed by atoms with Crippen LogP contribution in [-0.4, -0.2) is 32.8 Å². The van der Waals surface area contributed by atoms with Gasteiger partial charge in [0.2, 0.25) is 0 Å². The number of hydrogen-bond donors (Lipinski definition) is 1. The molecule has 4 rings (SSSR count). The minimum absolute atomic E-state index is 0.133. The molecule has 0 aromatic heterocycles. The molecule has 3 atom stereocenters. The van der Waals surface area contributed by atoms with Crippen molar-refractivity contribution in [1.29, 1.82) is 0 Å². The molecule has 0 radical (unpaired) electrons. The number of piperidine rings is 1. The number of carbonyl (C=O) groups excluding carboxylic acids is 1. The van der Waals surface area contributed by atoms with Crippen molar-refractivity contribution >= 4 is 5.97 Å². The Morgan fingerprint density at radius 3 is 2.74 bits per heavy atom. The van der Waals surface area contributed by atoms with Gasteiger partial charge in [0.25, 0.3) is 0 Å². The molecule has 1 spiro atoms.